The van der Waals surface area contributed by atoms with E-state index in [4.69, 9.17) is 21.7 Å². The molecule has 7 heteroatoms. The molecule has 168 valence electrons. The number of hydrogen-bond donors (Lipinski definition) is 1. The Morgan fingerprint density at radius 1 is 1.06 bits per heavy atom. The largest absolute Gasteiger partial charge is 0.497 e. The number of benzene rings is 1. The second-order valence-electron chi connectivity index (χ2n) is 8.32. The standard InChI is InChI=1S/C25H30N4O2S/c1-15(2)28-16(3)13-19(17(28)4)24-23(20-9-7-8-12-26-20)27-25(32)29(24)21-11-10-18(30-5)14-22(21)31-6/h7-15,23-24H,1-6H3,(H,27,32)/t23-,24-/m0/s1. The van der Waals surface area contributed by atoms with Crippen LogP contribution in [0.3, 0.4) is 0 Å². The molecule has 1 saturated heterocycles. The molecule has 3 heterocycles. The van der Waals surface area contributed by atoms with E-state index in [0.29, 0.717) is 16.9 Å². The third-order valence-corrected chi connectivity index (χ3v) is 6.42. The maximum absolute atomic E-state index is 5.87. The van der Waals surface area contributed by atoms with E-state index in [-0.39, 0.29) is 12.1 Å². The molecule has 4 rings (SSSR count). The van der Waals surface area contributed by atoms with Crippen molar-refractivity contribution >= 4 is 23.0 Å². The van der Waals surface area contributed by atoms with E-state index in [2.05, 4.69) is 53.5 Å². The van der Waals surface area contributed by atoms with Crippen LogP contribution < -0.4 is 19.7 Å². The number of rotatable bonds is 6. The molecular weight excluding hydrogens is 420 g/mol. The Balaban J connectivity index is 1.92. The van der Waals surface area contributed by atoms with Gasteiger partial charge in [0.05, 0.1) is 37.7 Å². The summed E-state index contributed by atoms with van der Waals surface area (Å²) in [6, 6.07) is 14.3. The Labute approximate surface area is 195 Å². The molecule has 0 amide bonds. The molecule has 6 nitrogen and oxygen atoms in total. The van der Waals surface area contributed by atoms with Crippen LogP contribution in [-0.4, -0.2) is 28.9 Å². The van der Waals surface area contributed by atoms with Gasteiger partial charge in [-0.2, -0.15) is 0 Å². The summed E-state index contributed by atoms with van der Waals surface area (Å²) < 4.78 is 13.5. The topological polar surface area (TPSA) is 51.5 Å². The zero-order valence-corrected chi connectivity index (χ0v) is 20.2. The van der Waals surface area contributed by atoms with E-state index in [1.165, 1.54) is 17.0 Å². The van der Waals surface area contributed by atoms with Gasteiger partial charge in [-0.3, -0.25) is 4.98 Å². The highest BCUT2D eigenvalue weighted by molar-refractivity contribution is 7.80. The van der Waals surface area contributed by atoms with E-state index < -0.39 is 0 Å². The lowest BCUT2D eigenvalue weighted by molar-refractivity contribution is 0.394. The molecule has 1 aromatic carbocycles. The van der Waals surface area contributed by atoms with E-state index >= 15 is 0 Å². The number of aromatic nitrogens is 2. The van der Waals surface area contributed by atoms with Gasteiger partial charge in [0.2, 0.25) is 0 Å². The highest BCUT2D eigenvalue weighted by Crippen LogP contribution is 2.46. The van der Waals surface area contributed by atoms with Gasteiger partial charge in [-0.15, -0.1) is 0 Å². The summed E-state index contributed by atoms with van der Waals surface area (Å²) >= 11 is 5.87. The van der Waals surface area contributed by atoms with Crippen molar-refractivity contribution in [3.63, 3.8) is 0 Å². The van der Waals surface area contributed by atoms with Crippen molar-refractivity contribution in [1.82, 2.24) is 14.9 Å². The number of pyridine rings is 1. The van der Waals surface area contributed by atoms with E-state index in [1.807, 2.05) is 42.6 Å². The third kappa shape index (κ3) is 3.71. The van der Waals surface area contributed by atoms with Crippen molar-refractivity contribution in [2.45, 2.75) is 45.8 Å². The van der Waals surface area contributed by atoms with Crippen molar-refractivity contribution in [3.8, 4) is 11.5 Å². The molecule has 1 aliphatic heterocycles. The van der Waals surface area contributed by atoms with Crippen molar-refractivity contribution in [1.29, 1.82) is 0 Å². The quantitative estimate of drug-likeness (QED) is 0.516. The van der Waals surface area contributed by atoms with E-state index in [9.17, 15) is 0 Å². The average molecular weight is 451 g/mol. The molecule has 0 spiro atoms. The zero-order chi connectivity index (χ0) is 23.0. The normalized spacial score (nSPS) is 18.2. The minimum atomic E-state index is -0.100. The van der Waals surface area contributed by atoms with Gasteiger partial charge in [-0.1, -0.05) is 6.07 Å². The maximum Gasteiger partial charge on any atom is 0.174 e. The van der Waals surface area contributed by atoms with Crippen molar-refractivity contribution in [2.75, 3.05) is 19.1 Å². The monoisotopic (exact) mass is 450 g/mol. The SMILES string of the molecule is COc1ccc(N2C(=S)N[C@@H](c3ccccn3)[C@@H]2c2cc(C)n(C(C)C)c2C)c(OC)c1. The summed E-state index contributed by atoms with van der Waals surface area (Å²) in [5.41, 5.74) is 5.52. The van der Waals surface area contributed by atoms with Crippen LogP contribution in [0.2, 0.25) is 0 Å². The predicted molar refractivity (Wildman–Crippen MR) is 132 cm³/mol. The van der Waals surface area contributed by atoms with E-state index in [1.54, 1.807) is 14.2 Å². The number of nitrogens with one attached hydrogen (secondary N) is 1. The van der Waals surface area contributed by atoms with Gasteiger partial charge >= 0.3 is 0 Å². The number of aryl methyl sites for hydroxylation is 1. The Morgan fingerprint density at radius 2 is 1.84 bits per heavy atom. The first kappa shape index (κ1) is 22.1. The van der Waals surface area contributed by atoms with Crippen LogP contribution in [0.1, 0.15) is 54.6 Å². The number of nitrogens with zero attached hydrogens (tertiary/aromatic N) is 3. The Kier molecular flexibility index (Phi) is 6.11. The minimum Gasteiger partial charge on any atom is -0.497 e. The molecule has 0 radical (unpaired) electrons. The molecule has 1 fully saturated rings. The molecule has 3 aromatic rings. The number of ether oxygens (including phenoxy) is 2. The summed E-state index contributed by atoms with van der Waals surface area (Å²) in [6.45, 7) is 8.76. The van der Waals surface area contributed by atoms with Gasteiger partial charge in [-0.25, -0.2) is 0 Å². The minimum absolute atomic E-state index is 0.0848. The van der Waals surface area contributed by atoms with Crippen LogP contribution >= 0.6 is 12.2 Å². The lowest BCUT2D eigenvalue weighted by Gasteiger charge is -2.29. The number of hydrogen-bond acceptors (Lipinski definition) is 4. The molecule has 1 aliphatic rings. The van der Waals surface area contributed by atoms with Crippen molar-refractivity contribution in [2.24, 2.45) is 0 Å². The Bertz CT molecular complexity index is 1130. The fourth-order valence-electron chi connectivity index (χ4n) is 4.81. The van der Waals surface area contributed by atoms with Gasteiger partial charge in [0.15, 0.2) is 5.11 Å². The Morgan fingerprint density at radius 3 is 2.44 bits per heavy atom. The smallest absolute Gasteiger partial charge is 0.174 e. The van der Waals surface area contributed by atoms with Crippen LogP contribution in [0.4, 0.5) is 5.69 Å². The average Bonchev–Trinajstić information content (AvgIpc) is 3.28. The van der Waals surface area contributed by atoms with Crippen LogP contribution in [0.15, 0.2) is 48.7 Å². The lowest BCUT2D eigenvalue weighted by Crippen LogP contribution is -2.30. The van der Waals surface area contributed by atoms with Gasteiger partial charge in [0, 0.05) is 29.7 Å². The van der Waals surface area contributed by atoms with Gasteiger partial charge in [0.25, 0.3) is 0 Å². The lowest BCUT2D eigenvalue weighted by atomic mass is 9.96. The molecule has 2 aromatic heterocycles. The van der Waals surface area contributed by atoms with Crippen molar-refractivity contribution < 1.29 is 9.47 Å². The van der Waals surface area contributed by atoms with Gasteiger partial charge < -0.3 is 24.3 Å². The first-order valence-electron chi connectivity index (χ1n) is 10.8. The molecule has 2 atom stereocenters. The van der Waals surface area contributed by atoms with Gasteiger partial charge in [0.1, 0.15) is 11.5 Å². The predicted octanol–water partition coefficient (Wildman–Crippen LogP) is 5.28. The second-order valence-corrected chi connectivity index (χ2v) is 8.71. The summed E-state index contributed by atoms with van der Waals surface area (Å²) in [6.07, 6.45) is 1.82. The Hall–Kier alpha value is -3.06. The summed E-state index contributed by atoms with van der Waals surface area (Å²) in [7, 11) is 3.32. The number of thiocarbonyl (C=S) groups is 1. The molecule has 0 aliphatic carbocycles. The summed E-state index contributed by atoms with van der Waals surface area (Å²) in [4.78, 5) is 6.81. The fraction of sp³-hybridized carbons (Fsp3) is 0.360. The second kappa shape index (κ2) is 8.82. The summed E-state index contributed by atoms with van der Waals surface area (Å²) in [5.74, 6) is 1.44. The fourth-order valence-corrected chi connectivity index (χ4v) is 5.15. The first-order chi connectivity index (χ1) is 15.4. The highest BCUT2D eigenvalue weighted by Gasteiger charge is 2.43. The van der Waals surface area contributed by atoms with Crippen LogP contribution in [0, 0.1) is 13.8 Å². The molecule has 1 N–H and O–H groups in total. The van der Waals surface area contributed by atoms with Crippen LogP contribution in [-0.2, 0) is 0 Å². The number of methoxy groups -OCH3 is 2. The number of anilines is 1. The maximum atomic E-state index is 5.87. The molecule has 32 heavy (non-hydrogen) atoms. The van der Waals surface area contributed by atoms with Crippen molar-refractivity contribution in [3.05, 3.63) is 71.3 Å². The zero-order valence-electron chi connectivity index (χ0n) is 19.4. The highest BCUT2D eigenvalue weighted by atomic mass is 32.1. The third-order valence-electron chi connectivity index (χ3n) is 6.10. The molecular formula is C25H30N4O2S. The van der Waals surface area contributed by atoms with E-state index in [0.717, 1.165) is 17.1 Å². The first-order valence-corrected chi connectivity index (χ1v) is 11.2. The summed E-state index contributed by atoms with van der Waals surface area (Å²) in [5, 5.41) is 4.17. The molecule has 0 unspecified atom stereocenters. The molecule has 0 saturated carbocycles. The van der Waals surface area contributed by atoms with Crippen LogP contribution in [0.5, 0.6) is 11.5 Å². The van der Waals surface area contributed by atoms with Gasteiger partial charge in [-0.05, 0) is 75.8 Å². The van der Waals surface area contributed by atoms with Crippen LogP contribution in [0.25, 0.3) is 0 Å². The molecule has 0 bridgehead atoms.